The maximum Gasteiger partial charge on any atom is 0.218 e. The third-order valence-corrected chi connectivity index (χ3v) is 10.1. The minimum absolute atomic E-state index is 0.164. The van der Waals surface area contributed by atoms with E-state index < -0.39 is 0 Å². The van der Waals surface area contributed by atoms with E-state index in [9.17, 15) is 4.79 Å². The number of hydrogen-bond acceptors (Lipinski definition) is 3. The van der Waals surface area contributed by atoms with E-state index in [1.165, 1.54) is 6.42 Å². The molecule has 0 aromatic heterocycles. The third-order valence-electron chi connectivity index (χ3n) is 9.58. The van der Waals surface area contributed by atoms with Gasteiger partial charge in [0.2, 0.25) is 5.91 Å². The van der Waals surface area contributed by atoms with Gasteiger partial charge < -0.3 is 21.3 Å². The molecule has 0 radical (unpaired) electrons. The fourth-order valence-electron chi connectivity index (χ4n) is 7.09. The Morgan fingerprint density at radius 1 is 1.18 bits per heavy atom. The Hall–Kier alpha value is -2.28. The van der Waals surface area contributed by atoms with Crippen LogP contribution in [0.2, 0.25) is 10.0 Å². The molecule has 5 unspecified atom stereocenters. The molecule has 1 amide bonds. The molecule has 1 heterocycles. The normalized spacial score (nSPS) is 28.9. The molecule has 4 fully saturated rings. The Balaban J connectivity index is 1.39. The molecule has 1 saturated heterocycles. The molecule has 4 N–H and O–H groups in total. The predicted molar refractivity (Wildman–Crippen MR) is 162 cm³/mol. The van der Waals surface area contributed by atoms with E-state index in [1.54, 1.807) is 12.1 Å². The lowest BCUT2D eigenvalue weighted by atomic mass is 9.45. The first-order valence-corrected chi connectivity index (χ1v) is 14.9. The van der Waals surface area contributed by atoms with Gasteiger partial charge in [-0.3, -0.25) is 4.79 Å². The van der Waals surface area contributed by atoms with Crippen LogP contribution in [0.3, 0.4) is 0 Å². The molecule has 2 bridgehead atoms. The number of primary amides is 1. The second kappa shape index (κ2) is 11.3. The summed E-state index contributed by atoms with van der Waals surface area (Å²) in [4.78, 5) is 19.7. The summed E-state index contributed by atoms with van der Waals surface area (Å²) in [5.74, 6) is 2.41. The lowest BCUT2D eigenvalue weighted by Crippen LogP contribution is -2.57. The zero-order valence-corrected chi connectivity index (χ0v) is 24.9. The fraction of sp³-hybridized carbons (Fsp3) is 0.548. The maximum atomic E-state index is 11.9. The Kier molecular flexibility index (Phi) is 8.19. The van der Waals surface area contributed by atoms with Gasteiger partial charge in [0.15, 0.2) is 5.96 Å². The summed E-state index contributed by atoms with van der Waals surface area (Å²) in [6, 6.07) is 14.3. The highest BCUT2D eigenvalue weighted by Gasteiger charge is 2.56. The standard InChI is InChI=1S/C31H41Cl2N5O/c1-18-17-38(12-11-35-18)30(37-28-14-21-13-26(19(28)2)31(21,3)4)36-23-8-5-20(6-9-23)25(16-29(34)39)24-10-7-22(32)15-27(24)33/h5-10,15,18-19,21,25-26,28,35H,11-14,16-17H2,1-4H3,(H2,34,39)(H,36,37)/t18-,19?,21?,25?,26?,28?/m0/s1. The first-order valence-electron chi connectivity index (χ1n) is 14.2. The van der Waals surface area contributed by atoms with Gasteiger partial charge in [-0.25, -0.2) is 4.99 Å². The minimum atomic E-state index is -0.377. The molecule has 6 nitrogen and oxygen atoms in total. The molecule has 0 spiro atoms. The molecule has 6 atom stereocenters. The Labute approximate surface area is 242 Å². The monoisotopic (exact) mass is 569 g/mol. The van der Waals surface area contributed by atoms with Crippen LogP contribution in [-0.4, -0.2) is 48.5 Å². The maximum absolute atomic E-state index is 11.9. The minimum Gasteiger partial charge on any atom is -0.370 e. The molecule has 6 rings (SSSR count). The van der Waals surface area contributed by atoms with E-state index in [4.69, 9.17) is 33.9 Å². The summed E-state index contributed by atoms with van der Waals surface area (Å²) in [7, 11) is 0. The summed E-state index contributed by atoms with van der Waals surface area (Å²) in [6.45, 7) is 12.3. The van der Waals surface area contributed by atoms with Gasteiger partial charge >= 0.3 is 0 Å². The highest BCUT2D eigenvalue weighted by molar-refractivity contribution is 6.35. The Morgan fingerprint density at radius 2 is 1.92 bits per heavy atom. The second-order valence-electron chi connectivity index (χ2n) is 12.4. The van der Waals surface area contributed by atoms with Crippen molar-refractivity contribution < 1.29 is 4.79 Å². The van der Waals surface area contributed by atoms with Crippen molar-refractivity contribution >= 4 is 40.8 Å². The number of piperazine rings is 1. The molecule has 2 aromatic rings. The predicted octanol–water partition coefficient (Wildman–Crippen LogP) is 6.13. The number of nitrogens with zero attached hydrogens (tertiary/aromatic N) is 2. The number of anilines is 1. The molecule has 2 aromatic carbocycles. The van der Waals surface area contributed by atoms with Crippen LogP contribution >= 0.6 is 23.2 Å². The number of carbonyl (C=O) groups is 1. The Morgan fingerprint density at radius 3 is 2.54 bits per heavy atom. The number of carbonyl (C=O) groups excluding carboxylic acids is 1. The molecule has 39 heavy (non-hydrogen) atoms. The van der Waals surface area contributed by atoms with E-state index in [-0.39, 0.29) is 18.2 Å². The number of nitrogens with one attached hydrogen (secondary N) is 2. The first kappa shape index (κ1) is 28.3. The SMILES string of the molecule is CC1C(/N=C(/Nc2ccc(C(CC(N)=O)c3ccc(Cl)cc3Cl)cc2)N2CCN[C@@H](C)C2)CC2CC1C2(C)C. The van der Waals surface area contributed by atoms with Crippen molar-refractivity contribution in [3.8, 4) is 0 Å². The van der Waals surface area contributed by atoms with Crippen molar-refractivity contribution in [3.05, 3.63) is 63.6 Å². The highest BCUT2D eigenvalue weighted by Crippen LogP contribution is 2.61. The number of benzene rings is 2. The van der Waals surface area contributed by atoms with Crippen LogP contribution in [0.25, 0.3) is 0 Å². The van der Waals surface area contributed by atoms with Crippen molar-refractivity contribution in [2.45, 2.75) is 65.0 Å². The lowest BCUT2D eigenvalue weighted by molar-refractivity contribution is -0.118. The summed E-state index contributed by atoms with van der Waals surface area (Å²) in [6.07, 6.45) is 2.67. The van der Waals surface area contributed by atoms with Crippen molar-refractivity contribution in [1.82, 2.24) is 10.2 Å². The zero-order chi connectivity index (χ0) is 27.9. The molecular weight excluding hydrogens is 529 g/mol. The van der Waals surface area contributed by atoms with E-state index in [2.05, 4.69) is 55.4 Å². The van der Waals surface area contributed by atoms with E-state index in [1.807, 2.05) is 18.2 Å². The number of amides is 1. The third kappa shape index (κ3) is 5.94. The number of nitrogens with two attached hydrogens (primary N) is 1. The number of aliphatic imine (C=N–C) groups is 1. The topological polar surface area (TPSA) is 82.7 Å². The summed E-state index contributed by atoms with van der Waals surface area (Å²) in [5, 5.41) is 8.30. The second-order valence-corrected chi connectivity index (χ2v) is 13.3. The first-order chi connectivity index (χ1) is 18.5. The zero-order valence-electron chi connectivity index (χ0n) is 23.4. The fourth-order valence-corrected chi connectivity index (χ4v) is 7.63. The molecule has 4 aliphatic rings. The molecule has 3 saturated carbocycles. The lowest BCUT2D eigenvalue weighted by Gasteiger charge is -2.61. The molecule has 210 valence electrons. The largest absolute Gasteiger partial charge is 0.370 e. The van der Waals surface area contributed by atoms with Gasteiger partial charge in [-0.2, -0.15) is 0 Å². The van der Waals surface area contributed by atoms with Gasteiger partial charge in [0.25, 0.3) is 0 Å². The van der Waals surface area contributed by atoms with E-state index in [0.29, 0.717) is 33.5 Å². The molecule has 3 aliphatic carbocycles. The van der Waals surface area contributed by atoms with Gasteiger partial charge in [-0.05, 0) is 78.3 Å². The van der Waals surface area contributed by atoms with Crippen molar-refractivity contribution in [1.29, 1.82) is 0 Å². The van der Waals surface area contributed by atoms with Crippen LogP contribution in [-0.2, 0) is 4.79 Å². The van der Waals surface area contributed by atoms with Crippen LogP contribution in [0.15, 0.2) is 47.5 Å². The van der Waals surface area contributed by atoms with Gasteiger partial charge in [0, 0.05) is 53.7 Å². The average molecular weight is 571 g/mol. The van der Waals surface area contributed by atoms with Crippen molar-refractivity contribution in [2.75, 3.05) is 25.0 Å². The van der Waals surface area contributed by atoms with Gasteiger partial charge in [-0.1, -0.05) is 62.2 Å². The van der Waals surface area contributed by atoms with Gasteiger partial charge in [-0.15, -0.1) is 0 Å². The number of guanidine groups is 1. The summed E-state index contributed by atoms with van der Waals surface area (Å²) in [5.41, 5.74) is 8.84. The van der Waals surface area contributed by atoms with Crippen LogP contribution in [0.4, 0.5) is 5.69 Å². The van der Waals surface area contributed by atoms with Crippen LogP contribution in [0.5, 0.6) is 0 Å². The van der Waals surface area contributed by atoms with E-state index >= 15 is 0 Å². The number of fused-ring (bicyclic) bond motifs is 2. The molecule has 8 heteroatoms. The van der Waals surface area contributed by atoms with Crippen molar-refractivity contribution in [3.63, 3.8) is 0 Å². The van der Waals surface area contributed by atoms with Crippen LogP contribution in [0.1, 0.15) is 64.0 Å². The van der Waals surface area contributed by atoms with Gasteiger partial charge in [0.05, 0.1) is 6.04 Å². The average Bonchev–Trinajstić information content (AvgIpc) is 2.88. The van der Waals surface area contributed by atoms with E-state index in [0.717, 1.165) is 60.7 Å². The highest BCUT2D eigenvalue weighted by atomic mass is 35.5. The molecule has 1 aliphatic heterocycles. The quantitative estimate of drug-likeness (QED) is 0.288. The van der Waals surface area contributed by atoms with Crippen LogP contribution in [0, 0.1) is 23.2 Å². The number of halogens is 2. The van der Waals surface area contributed by atoms with Crippen molar-refractivity contribution in [2.24, 2.45) is 33.9 Å². The summed E-state index contributed by atoms with van der Waals surface area (Å²) >= 11 is 12.6. The van der Waals surface area contributed by atoms with Crippen LogP contribution < -0.4 is 16.4 Å². The van der Waals surface area contributed by atoms with Gasteiger partial charge in [0.1, 0.15) is 0 Å². The number of rotatable bonds is 6. The summed E-state index contributed by atoms with van der Waals surface area (Å²) < 4.78 is 0. The Bertz CT molecular complexity index is 1230. The molecular formula is C31H41Cl2N5O. The number of hydrogen-bond donors (Lipinski definition) is 3. The smallest absolute Gasteiger partial charge is 0.218 e.